The van der Waals surface area contributed by atoms with E-state index in [1.165, 1.54) is 122 Å². The first-order valence-electron chi connectivity index (χ1n) is 11.1. The van der Waals surface area contributed by atoms with E-state index in [9.17, 15) is 0 Å². The zero-order chi connectivity index (χ0) is 16.6. The van der Waals surface area contributed by atoms with Crippen LogP contribution in [0.1, 0.15) is 116 Å². The molecule has 0 radical (unpaired) electrons. The maximum atomic E-state index is 2.26. The van der Waals surface area contributed by atoms with Crippen LogP contribution in [0, 0.1) is 5.92 Å². The molecule has 146 valence electrons. The summed E-state index contributed by atoms with van der Waals surface area (Å²) in [6.45, 7) is 1.35. The van der Waals surface area contributed by atoms with Crippen LogP contribution < -0.4 is 4.90 Å². The molecule has 0 atom stereocenters. The van der Waals surface area contributed by atoms with Crippen molar-refractivity contribution in [3.05, 3.63) is 0 Å². The Morgan fingerprint density at radius 3 is 1.46 bits per heavy atom. The van der Waals surface area contributed by atoms with Gasteiger partial charge < -0.3 is 10.4 Å². The molecule has 0 aliphatic heterocycles. The Morgan fingerprint density at radius 2 is 1.00 bits per heavy atom. The maximum Gasteiger partial charge on any atom is 0.0766 e. The molecule has 1 saturated carbocycles. The van der Waals surface area contributed by atoms with Gasteiger partial charge in [0.15, 0.2) is 0 Å². The van der Waals surface area contributed by atoms with Crippen molar-refractivity contribution in [1.82, 2.24) is 0 Å². The summed E-state index contributed by atoms with van der Waals surface area (Å²) in [5.74, 6) is 1.10. The van der Waals surface area contributed by atoms with E-state index >= 15 is 0 Å². The minimum atomic E-state index is 0. The lowest BCUT2D eigenvalue weighted by molar-refractivity contribution is -0.858. The monoisotopic (exact) mass is 341 g/mol. The number of hydrogen-bond acceptors (Lipinski definition) is 1. The number of unbranched alkanes of at least 4 members (excludes halogenated alkanes) is 11. The molecular formula is C22H47NO. The first-order valence-corrected chi connectivity index (χ1v) is 11.1. The highest BCUT2D eigenvalue weighted by Gasteiger charge is 2.12. The van der Waals surface area contributed by atoms with Crippen LogP contribution in [-0.2, 0) is 0 Å². The molecule has 0 aromatic carbocycles. The van der Waals surface area contributed by atoms with Crippen LogP contribution >= 0.6 is 0 Å². The second-order valence-corrected chi connectivity index (χ2v) is 8.49. The Balaban J connectivity index is 0.00000529. The maximum absolute atomic E-state index is 2.26. The summed E-state index contributed by atoms with van der Waals surface area (Å²) in [5, 5.41) is 0. The highest BCUT2D eigenvalue weighted by Crippen LogP contribution is 2.28. The smallest absolute Gasteiger partial charge is 0.0766 e. The third kappa shape index (κ3) is 15.4. The van der Waals surface area contributed by atoms with Gasteiger partial charge in [-0.25, -0.2) is 0 Å². The average molecular weight is 342 g/mol. The Morgan fingerprint density at radius 1 is 0.583 bits per heavy atom. The van der Waals surface area contributed by atoms with E-state index < -0.39 is 0 Å². The molecule has 0 amide bonds. The van der Waals surface area contributed by atoms with Gasteiger partial charge in [-0.1, -0.05) is 103 Å². The van der Waals surface area contributed by atoms with E-state index in [2.05, 4.69) is 14.1 Å². The third-order valence-electron chi connectivity index (χ3n) is 5.76. The molecule has 24 heavy (non-hydrogen) atoms. The highest BCUT2D eigenvalue weighted by atomic mass is 16.0. The molecule has 0 spiro atoms. The van der Waals surface area contributed by atoms with Crippen molar-refractivity contribution >= 4 is 0 Å². The van der Waals surface area contributed by atoms with Gasteiger partial charge in [0, 0.05) is 0 Å². The molecule has 2 heteroatoms. The SMILES string of the molecule is C[NH+](C)CCCCCCCCCCCCCCC1CCCCC1.[OH-]. The van der Waals surface area contributed by atoms with Crippen LogP contribution in [0.15, 0.2) is 0 Å². The van der Waals surface area contributed by atoms with Crippen LogP contribution in [-0.4, -0.2) is 26.1 Å². The average Bonchev–Trinajstić information content (AvgIpc) is 2.56. The summed E-state index contributed by atoms with van der Waals surface area (Å²) in [6, 6.07) is 0. The number of nitrogens with one attached hydrogen (secondary N) is 1. The van der Waals surface area contributed by atoms with Crippen molar-refractivity contribution in [2.24, 2.45) is 5.92 Å². The highest BCUT2D eigenvalue weighted by molar-refractivity contribution is 4.65. The minimum absolute atomic E-state index is 0. The summed E-state index contributed by atoms with van der Waals surface area (Å²) in [4.78, 5) is 1.60. The number of hydrogen-bond donors (Lipinski definition) is 1. The molecule has 1 aliphatic carbocycles. The molecule has 1 rings (SSSR count). The predicted molar refractivity (Wildman–Crippen MR) is 106 cm³/mol. The van der Waals surface area contributed by atoms with E-state index in [-0.39, 0.29) is 5.48 Å². The van der Waals surface area contributed by atoms with E-state index in [0.717, 1.165) is 5.92 Å². The van der Waals surface area contributed by atoms with Crippen molar-refractivity contribution in [2.75, 3.05) is 20.6 Å². The molecule has 0 aromatic heterocycles. The Kier molecular flexibility index (Phi) is 17.7. The van der Waals surface area contributed by atoms with E-state index in [0.29, 0.717) is 0 Å². The molecule has 0 aromatic rings. The molecule has 1 fully saturated rings. The predicted octanol–water partition coefficient (Wildman–Crippen LogP) is 5.61. The van der Waals surface area contributed by atoms with Crippen molar-refractivity contribution in [1.29, 1.82) is 0 Å². The fourth-order valence-corrected chi connectivity index (χ4v) is 4.16. The van der Waals surface area contributed by atoms with Gasteiger partial charge >= 0.3 is 0 Å². The topological polar surface area (TPSA) is 34.4 Å². The molecule has 0 unspecified atom stereocenters. The summed E-state index contributed by atoms with van der Waals surface area (Å²) in [6.07, 6.45) is 26.9. The molecule has 2 nitrogen and oxygen atoms in total. The van der Waals surface area contributed by atoms with E-state index in [1.54, 1.807) is 4.90 Å². The molecule has 0 saturated heterocycles. The minimum Gasteiger partial charge on any atom is -0.870 e. The van der Waals surface area contributed by atoms with Gasteiger partial charge in [0.2, 0.25) is 0 Å². The zero-order valence-corrected chi connectivity index (χ0v) is 17.0. The fourth-order valence-electron chi connectivity index (χ4n) is 4.16. The van der Waals surface area contributed by atoms with Crippen molar-refractivity contribution in [3.63, 3.8) is 0 Å². The van der Waals surface area contributed by atoms with E-state index in [4.69, 9.17) is 0 Å². The molecule has 0 bridgehead atoms. The zero-order valence-electron chi connectivity index (χ0n) is 17.0. The fraction of sp³-hybridized carbons (Fsp3) is 1.00. The summed E-state index contributed by atoms with van der Waals surface area (Å²) in [5.41, 5.74) is 0. The molecular weight excluding hydrogens is 294 g/mol. The largest absolute Gasteiger partial charge is 0.870 e. The lowest BCUT2D eigenvalue weighted by Crippen LogP contribution is -3.05. The first-order chi connectivity index (χ1) is 11.3. The Labute approximate surface area is 153 Å². The number of rotatable bonds is 15. The van der Waals surface area contributed by atoms with Crippen molar-refractivity contribution in [3.8, 4) is 0 Å². The van der Waals surface area contributed by atoms with Gasteiger partial charge in [0.25, 0.3) is 0 Å². The van der Waals surface area contributed by atoms with Gasteiger partial charge in [-0.15, -0.1) is 0 Å². The van der Waals surface area contributed by atoms with Gasteiger partial charge in [0.1, 0.15) is 0 Å². The standard InChI is InChI=1S/C22H45N.H2O/c1-23(2)21-17-12-10-8-6-4-3-5-7-9-11-14-18-22-19-15-13-16-20-22;/h22H,3-21H2,1-2H3;1H2. The first kappa shape index (κ1) is 23.9. The lowest BCUT2D eigenvalue weighted by atomic mass is 9.85. The third-order valence-corrected chi connectivity index (χ3v) is 5.76. The van der Waals surface area contributed by atoms with Gasteiger partial charge in [-0.05, 0) is 18.8 Å². The van der Waals surface area contributed by atoms with Crippen LogP contribution in [0.3, 0.4) is 0 Å². The second kappa shape index (κ2) is 17.7. The Hall–Kier alpha value is -0.0800. The molecule has 2 N–H and O–H groups in total. The summed E-state index contributed by atoms with van der Waals surface area (Å²) >= 11 is 0. The normalized spacial score (nSPS) is 15.6. The quantitative estimate of drug-likeness (QED) is 0.386. The van der Waals surface area contributed by atoms with Crippen molar-refractivity contribution < 1.29 is 10.4 Å². The van der Waals surface area contributed by atoms with Gasteiger partial charge in [0.05, 0.1) is 20.6 Å². The second-order valence-electron chi connectivity index (χ2n) is 8.49. The van der Waals surface area contributed by atoms with E-state index in [1.807, 2.05) is 0 Å². The van der Waals surface area contributed by atoms with Crippen molar-refractivity contribution in [2.45, 2.75) is 116 Å². The van der Waals surface area contributed by atoms with Crippen LogP contribution in [0.5, 0.6) is 0 Å². The summed E-state index contributed by atoms with van der Waals surface area (Å²) < 4.78 is 0. The molecule has 0 heterocycles. The van der Waals surface area contributed by atoms with Crippen LogP contribution in [0.2, 0.25) is 0 Å². The van der Waals surface area contributed by atoms with Gasteiger partial charge in [-0.3, -0.25) is 0 Å². The number of quaternary nitrogens is 1. The van der Waals surface area contributed by atoms with Crippen LogP contribution in [0.4, 0.5) is 0 Å². The van der Waals surface area contributed by atoms with Crippen LogP contribution in [0.25, 0.3) is 0 Å². The summed E-state index contributed by atoms with van der Waals surface area (Å²) in [7, 11) is 4.52. The molecule has 1 aliphatic rings. The Bertz CT molecular complexity index is 236. The lowest BCUT2D eigenvalue weighted by Gasteiger charge is -2.21. The van der Waals surface area contributed by atoms with Gasteiger partial charge in [-0.2, -0.15) is 0 Å².